The number of hydrogen-bond donors (Lipinski definition) is 0. The maximum atomic E-state index is 15.1. The zero-order valence-corrected chi connectivity index (χ0v) is 17.6. The average molecular weight is 438 g/mol. The minimum atomic E-state index is -0.911. The maximum Gasteiger partial charge on any atom is 0.159 e. The van der Waals surface area contributed by atoms with Crippen molar-refractivity contribution in [2.75, 3.05) is 6.61 Å². The number of fused-ring (bicyclic) bond motifs is 1. The number of rotatable bonds is 7. The highest BCUT2D eigenvalue weighted by Gasteiger charge is 2.12. The average Bonchev–Trinajstić information content (AvgIpc) is 2.79. The molecule has 32 heavy (non-hydrogen) atoms. The highest BCUT2D eigenvalue weighted by atomic mass is 19.2. The van der Waals surface area contributed by atoms with Gasteiger partial charge < -0.3 is 4.74 Å². The second-order valence-corrected chi connectivity index (χ2v) is 7.71. The van der Waals surface area contributed by atoms with E-state index in [-0.39, 0.29) is 5.82 Å². The van der Waals surface area contributed by atoms with Crippen LogP contribution in [-0.4, -0.2) is 6.61 Å². The summed E-state index contributed by atoms with van der Waals surface area (Å²) in [5, 5.41) is 1.09. The fraction of sp³-hybridized carbons (Fsp3) is 0.185. The maximum absolute atomic E-state index is 15.1. The molecule has 4 aromatic rings. The van der Waals surface area contributed by atoms with Crippen LogP contribution < -0.4 is 4.74 Å². The molecule has 0 aliphatic rings. The Kier molecular flexibility index (Phi) is 6.45. The van der Waals surface area contributed by atoms with Crippen LogP contribution in [0.5, 0.6) is 5.75 Å². The highest BCUT2D eigenvalue weighted by molar-refractivity contribution is 5.88. The van der Waals surface area contributed by atoms with Crippen LogP contribution in [0.4, 0.5) is 17.6 Å². The highest BCUT2D eigenvalue weighted by Crippen LogP contribution is 2.31. The molecule has 0 saturated carbocycles. The Morgan fingerprint density at radius 1 is 0.719 bits per heavy atom. The molecule has 1 nitrogen and oxygen atoms in total. The van der Waals surface area contributed by atoms with Crippen molar-refractivity contribution in [3.05, 3.63) is 101 Å². The number of ether oxygens (including phenoxy) is 1. The molecule has 0 heterocycles. The third-order valence-corrected chi connectivity index (χ3v) is 5.43. The van der Waals surface area contributed by atoms with Crippen LogP contribution in [0.25, 0.3) is 21.9 Å². The van der Waals surface area contributed by atoms with Crippen LogP contribution in [0.15, 0.2) is 66.7 Å². The normalized spacial score (nSPS) is 11.2. The first-order valence-electron chi connectivity index (χ1n) is 10.5. The van der Waals surface area contributed by atoms with Crippen molar-refractivity contribution < 1.29 is 22.3 Å². The summed E-state index contributed by atoms with van der Waals surface area (Å²) in [4.78, 5) is 0. The van der Waals surface area contributed by atoms with Gasteiger partial charge in [0.2, 0.25) is 0 Å². The van der Waals surface area contributed by atoms with E-state index in [4.69, 9.17) is 4.74 Å². The van der Waals surface area contributed by atoms with Gasteiger partial charge in [0.25, 0.3) is 0 Å². The van der Waals surface area contributed by atoms with Crippen molar-refractivity contribution >= 4 is 10.8 Å². The van der Waals surface area contributed by atoms with Gasteiger partial charge in [-0.25, -0.2) is 17.6 Å². The predicted molar refractivity (Wildman–Crippen MR) is 119 cm³/mol. The minimum Gasteiger partial charge on any atom is -0.494 e. The summed E-state index contributed by atoms with van der Waals surface area (Å²) >= 11 is 0. The lowest BCUT2D eigenvalue weighted by Crippen LogP contribution is -1.98. The molecule has 0 aliphatic heterocycles. The number of halogens is 4. The number of benzene rings is 4. The first-order chi connectivity index (χ1) is 15.5. The van der Waals surface area contributed by atoms with E-state index in [1.54, 1.807) is 42.5 Å². The van der Waals surface area contributed by atoms with Gasteiger partial charge in [0, 0.05) is 17.0 Å². The Labute approximate surface area is 184 Å². The topological polar surface area (TPSA) is 9.23 Å². The quantitative estimate of drug-likeness (QED) is 0.270. The van der Waals surface area contributed by atoms with Crippen LogP contribution >= 0.6 is 0 Å². The Hall–Kier alpha value is -3.34. The summed E-state index contributed by atoms with van der Waals surface area (Å²) < 4.78 is 61.6. The summed E-state index contributed by atoms with van der Waals surface area (Å²) in [6.07, 6.45) is 1.57. The zero-order valence-electron chi connectivity index (χ0n) is 17.6. The zero-order chi connectivity index (χ0) is 22.7. The summed E-state index contributed by atoms with van der Waals surface area (Å²) in [7, 11) is 0. The van der Waals surface area contributed by atoms with E-state index in [2.05, 4.69) is 0 Å². The molecule has 0 atom stereocenters. The lowest BCUT2D eigenvalue weighted by Gasteiger charge is -2.11. The fourth-order valence-electron chi connectivity index (χ4n) is 3.71. The Morgan fingerprint density at radius 3 is 2.31 bits per heavy atom. The molecule has 0 spiro atoms. The van der Waals surface area contributed by atoms with Gasteiger partial charge in [-0.05, 0) is 71.7 Å². The molecule has 4 aromatic carbocycles. The molecule has 0 aromatic heterocycles. The molecule has 5 heteroatoms. The number of aryl methyl sites for hydroxylation is 2. The first-order valence-corrected chi connectivity index (χ1v) is 10.5. The van der Waals surface area contributed by atoms with Crippen molar-refractivity contribution in [3.63, 3.8) is 0 Å². The van der Waals surface area contributed by atoms with Gasteiger partial charge in [-0.3, -0.25) is 0 Å². The summed E-state index contributed by atoms with van der Waals surface area (Å²) in [5.41, 5.74) is 2.14. The predicted octanol–water partition coefficient (Wildman–Crippen LogP) is 7.64. The summed E-state index contributed by atoms with van der Waals surface area (Å²) in [6.45, 7) is 2.50. The smallest absolute Gasteiger partial charge is 0.159 e. The van der Waals surface area contributed by atoms with Gasteiger partial charge in [0.05, 0.1) is 6.61 Å². The van der Waals surface area contributed by atoms with Crippen LogP contribution in [0.2, 0.25) is 0 Å². The van der Waals surface area contributed by atoms with Crippen molar-refractivity contribution in [1.82, 2.24) is 0 Å². The number of hydrogen-bond acceptors (Lipinski definition) is 1. The second kappa shape index (κ2) is 9.43. The molecular weight excluding hydrogens is 416 g/mol. The third kappa shape index (κ3) is 4.62. The first kappa shape index (κ1) is 21.9. The van der Waals surface area contributed by atoms with Crippen molar-refractivity contribution in [2.24, 2.45) is 0 Å². The van der Waals surface area contributed by atoms with E-state index >= 15 is 4.39 Å². The molecule has 4 rings (SSSR count). The van der Waals surface area contributed by atoms with Gasteiger partial charge in [-0.1, -0.05) is 37.3 Å². The van der Waals surface area contributed by atoms with E-state index in [0.29, 0.717) is 58.2 Å². The van der Waals surface area contributed by atoms with Gasteiger partial charge in [0.1, 0.15) is 17.4 Å². The summed E-state index contributed by atoms with van der Waals surface area (Å²) in [5.74, 6) is -2.10. The van der Waals surface area contributed by atoms with Gasteiger partial charge in [-0.2, -0.15) is 0 Å². The Bertz CT molecular complexity index is 1270. The second-order valence-electron chi connectivity index (χ2n) is 7.71. The van der Waals surface area contributed by atoms with E-state index in [9.17, 15) is 13.2 Å². The van der Waals surface area contributed by atoms with E-state index < -0.39 is 17.5 Å². The molecule has 0 bridgehead atoms. The molecule has 0 aliphatic carbocycles. The molecule has 0 radical (unpaired) electrons. The Morgan fingerprint density at radius 2 is 1.56 bits per heavy atom. The van der Waals surface area contributed by atoms with Gasteiger partial charge in [0.15, 0.2) is 11.6 Å². The van der Waals surface area contributed by atoms with Gasteiger partial charge >= 0.3 is 0 Å². The molecule has 0 amide bonds. The molecule has 0 fully saturated rings. The third-order valence-electron chi connectivity index (χ3n) is 5.43. The van der Waals surface area contributed by atoms with E-state index in [0.717, 1.165) is 18.6 Å². The van der Waals surface area contributed by atoms with Crippen LogP contribution in [0.1, 0.15) is 24.5 Å². The van der Waals surface area contributed by atoms with Gasteiger partial charge in [-0.15, -0.1) is 0 Å². The van der Waals surface area contributed by atoms with E-state index in [1.165, 1.54) is 12.1 Å². The molecule has 0 unspecified atom stereocenters. The Balaban J connectivity index is 1.57. The van der Waals surface area contributed by atoms with Crippen molar-refractivity contribution in [2.45, 2.75) is 26.2 Å². The van der Waals surface area contributed by atoms with Crippen LogP contribution in [-0.2, 0) is 12.8 Å². The standard InChI is InChI=1S/C27H22F4O/c1-2-13-32-21-9-11-22(25(29)16-21)19-8-10-23-20(15-19)7-6-18(27(23)31)5-3-17-4-12-24(28)26(30)14-17/h4,6-12,14-16H,2-3,5,13H2,1H3. The van der Waals surface area contributed by atoms with E-state index in [1.807, 2.05) is 6.92 Å². The monoisotopic (exact) mass is 438 g/mol. The lowest BCUT2D eigenvalue weighted by molar-refractivity contribution is 0.316. The molecular formula is C27H22F4O. The van der Waals surface area contributed by atoms with Crippen molar-refractivity contribution in [3.8, 4) is 16.9 Å². The molecule has 164 valence electrons. The lowest BCUT2D eigenvalue weighted by atomic mass is 9.97. The van der Waals surface area contributed by atoms with Crippen molar-refractivity contribution in [1.29, 1.82) is 0 Å². The van der Waals surface area contributed by atoms with Crippen LogP contribution in [0.3, 0.4) is 0 Å². The van der Waals surface area contributed by atoms with Crippen LogP contribution in [0, 0.1) is 23.3 Å². The minimum absolute atomic E-state index is 0.350. The summed E-state index contributed by atoms with van der Waals surface area (Å²) in [6, 6.07) is 17.0. The SMILES string of the molecule is CCCOc1ccc(-c2ccc3c(F)c(CCc4ccc(F)c(F)c4)ccc3c2)c(F)c1. The molecule has 0 N–H and O–H groups in total. The fourth-order valence-corrected chi connectivity index (χ4v) is 3.71. The molecule has 0 saturated heterocycles. The largest absolute Gasteiger partial charge is 0.494 e.